The highest BCUT2D eigenvalue weighted by Crippen LogP contribution is 2.45. The molecule has 2 fully saturated rings. The summed E-state index contributed by atoms with van der Waals surface area (Å²) in [6.45, 7) is 32.2. The molecule has 2 aliphatic rings. The van der Waals surface area contributed by atoms with Crippen LogP contribution in [-0.2, 0) is 57.1 Å². The molecule has 2 saturated heterocycles. The van der Waals surface area contributed by atoms with Gasteiger partial charge in [0.05, 0.1) is 22.4 Å². The van der Waals surface area contributed by atoms with Crippen LogP contribution >= 0.6 is 15.9 Å². The second-order valence-electron chi connectivity index (χ2n) is 42.6. The van der Waals surface area contributed by atoms with E-state index in [4.69, 9.17) is 18.6 Å². The summed E-state index contributed by atoms with van der Waals surface area (Å²) < 4.78 is 25.0. The van der Waals surface area contributed by atoms with E-state index < -0.39 is 14.0 Å². The van der Waals surface area contributed by atoms with E-state index in [9.17, 15) is 0 Å². The molecule has 2 heterocycles. The summed E-state index contributed by atoms with van der Waals surface area (Å²) >= 11 is 3.61. The third kappa shape index (κ3) is 38.1. The Bertz CT molecular complexity index is 4580. The number of hydrogen-bond acceptors (Lipinski definition) is 4. The minimum Gasteiger partial charge on any atom is -0.405 e. The maximum Gasteiger partial charge on any atom is 0.488 e. The van der Waals surface area contributed by atoms with Crippen molar-refractivity contribution in [1.29, 1.82) is 0 Å². The van der Waals surface area contributed by atoms with Crippen molar-refractivity contribution in [3.8, 4) is 89.0 Å². The van der Waals surface area contributed by atoms with Gasteiger partial charge in [-0.1, -0.05) is 528 Å². The zero-order valence-electron chi connectivity index (χ0n) is 88.3. The molecule has 138 heavy (non-hydrogen) atoms. The average Bonchev–Trinajstić information content (AvgIpc) is 1.32. The van der Waals surface area contributed by atoms with E-state index in [0.717, 1.165) is 30.2 Å². The van der Waals surface area contributed by atoms with Crippen LogP contribution in [0.25, 0.3) is 89.0 Å². The minimum atomic E-state index is -0.476. The molecular formula is C131H189B2BrO4. The first-order chi connectivity index (χ1) is 66.1. The second-order valence-corrected chi connectivity index (χ2v) is 43.5. The molecule has 10 aromatic rings. The van der Waals surface area contributed by atoms with Crippen molar-refractivity contribution >= 4 is 29.9 Å². The van der Waals surface area contributed by atoms with E-state index in [-0.39, 0.29) is 37.3 Å². The van der Waals surface area contributed by atoms with Crippen LogP contribution in [0.2, 0.25) is 0 Å². The normalized spacial score (nSPS) is 13.9. The topological polar surface area (TPSA) is 36.9 Å². The lowest BCUT2D eigenvalue weighted by Crippen LogP contribution is -2.41. The van der Waals surface area contributed by atoms with Crippen molar-refractivity contribution in [2.45, 2.75) is 462 Å². The number of hydrogen-bond donors (Lipinski definition) is 0. The quantitative estimate of drug-likeness (QED) is 0.0281. The van der Waals surface area contributed by atoms with Crippen LogP contribution in [0.5, 0.6) is 0 Å². The van der Waals surface area contributed by atoms with E-state index in [1.165, 1.54) is 423 Å². The van der Waals surface area contributed by atoms with Crippen LogP contribution in [0.15, 0.2) is 223 Å². The van der Waals surface area contributed by atoms with Gasteiger partial charge >= 0.3 is 14.0 Å². The predicted octanol–water partition coefficient (Wildman–Crippen LogP) is 41.8. The smallest absolute Gasteiger partial charge is 0.405 e. The Balaban J connectivity index is 0.000000282. The molecule has 0 spiro atoms. The van der Waals surface area contributed by atoms with Crippen molar-refractivity contribution in [3.63, 3.8) is 0 Å². The Morgan fingerprint density at radius 1 is 0.196 bits per heavy atom. The lowest BCUT2D eigenvalue weighted by molar-refractivity contribution is 0.00578. The highest BCUT2D eigenvalue weighted by atomic mass is 79.9. The molecular weight excluding hydrogens is 1740 g/mol. The van der Waals surface area contributed by atoms with Gasteiger partial charge < -0.3 is 18.6 Å². The fourth-order valence-corrected chi connectivity index (χ4v) is 20.0. The number of aryl methyl sites for hydroxylation is 7. The Hall–Kier alpha value is -7.35. The van der Waals surface area contributed by atoms with Crippen LogP contribution in [0.4, 0.5) is 0 Å². The molecule has 0 unspecified atom stereocenters. The Morgan fingerprint density at radius 2 is 0.355 bits per heavy atom. The summed E-state index contributed by atoms with van der Waals surface area (Å²) in [5.41, 5.74) is 30.4. The second kappa shape index (κ2) is 62.9. The number of benzene rings is 10. The van der Waals surface area contributed by atoms with Gasteiger partial charge in [-0.15, -0.1) is 0 Å². The Morgan fingerprint density at radius 3 is 0.551 bits per heavy atom. The minimum absolute atomic E-state index is 0. The number of halogens is 1. The SMILES string of the molecule is C.C.CC1(C)OB(B2OC(C)(C)C(C)(C)O2)OC1(C)C.CCCCCCCCCCCCc1cc(-c2ccc(-c3ccc(CCCC)cc3)cc2)c(CCCCCCCCCCCC)cc1-c1ccc(-c2ccc(Br)cc2)cc1.CCCCCCCCCCCCc1cc(-c2ccc(-c3ccc(CCCC)cc3)cc2)c(CCCCCCCCCCCC)cc1-c1ccc(-c2ccc(C)cc2)cc1. The van der Waals surface area contributed by atoms with Gasteiger partial charge in [-0.2, -0.15) is 0 Å². The number of rotatable bonds is 59. The Kier molecular flexibility index (Phi) is 52.9. The molecule has 0 saturated carbocycles. The molecule has 10 aromatic carbocycles. The predicted molar refractivity (Wildman–Crippen MR) is 614 cm³/mol. The van der Waals surface area contributed by atoms with E-state index in [1.54, 1.807) is 0 Å². The monoisotopic (exact) mass is 1930 g/mol. The lowest BCUT2D eigenvalue weighted by atomic mass is 9.49. The third-order valence-corrected chi connectivity index (χ3v) is 30.7. The maximum atomic E-state index is 5.96. The van der Waals surface area contributed by atoms with Gasteiger partial charge in [0.1, 0.15) is 0 Å². The van der Waals surface area contributed by atoms with Crippen molar-refractivity contribution < 1.29 is 18.6 Å². The van der Waals surface area contributed by atoms with Gasteiger partial charge in [0, 0.05) is 4.47 Å². The highest BCUT2D eigenvalue weighted by molar-refractivity contribution is 9.10. The molecule has 0 bridgehead atoms. The average molecular weight is 1930 g/mol. The highest BCUT2D eigenvalue weighted by Gasteiger charge is 2.64. The van der Waals surface area contributed by atoms with E-state index in [0.29, 0.717) is 0 Å². The molecule has 0 N–H and O–H groups in total. The molecule has 0 aromatic heterocycles. The van der Waals surface area contributed by atoms with Crippen LogP contribution < -0.4 is 0 Å². The van der Waals surface area contributed by atoms with Crippen LogP contribution in [-0.4, -0.2) is 36.4 Å². The molecule has 0 aliphatic carbocycles. The first-order valence-electron chi connectivity index (χ1n) is 55.5. The summed E-state index contributed by atoms with van der Waals surface area (Å²) in [5.74, 6) is 0. The van der Waals surface area contributed by atoms with Crippen LogP contribution in [0.1, 0.15) is 433 Å². The van der Waals surface area contributed by atoms with Crippen molar-refractivity contribution in [3.05, 3.63) is 262 Å². The molecule has 750 valence electrons. The first kappa shape index (κ1) is 116. The summed E-state index contributed by atoms with van der Waals surface area (Å²) in [6.07, 6.45) is 66.6. The largest absolute Gasteiger partial charge is 0.488 e. The molecule has 4 nitrogen and oxygen atoms in total. The van der Waals surface area contributed by atoms with Crippen molar-refractivity contribution in [1.82, 2.24) is 0 Å². The zero-order valence-corrected chi connectivity index (χ0v) is 89.9. The van der Waals surface area contributed by atoms with Crippen LogP contribution in [0.3, 0.4) is 0 Å². The summed E-state index contributed by atoms with van der Waals surface area (Å²) in [7, 11) is -0.952. The van der Waals surface area contributed by atoms with Gasteiger partial charge in [0.25, 0.3) is 0 Å². The molecule has 0 atom stereocenters. The summed E-state index contributed by atoms with van der Waals surface area (Å²) in [6, 6.07) is 84.6. The molecule has 0 radical (unpaired) electrons. The van der Waals surface area contributed by atoms with E-state index >= 15 is 0 Å². The van der Waals surface area contributed by atoms with Crippen molar-refractivity contribution in [2.24, 2.45) is 0 Å². The standard InChI is InChI=1S/C59H80.C58H77Br.C12H24B2O4.2CH4/c1-5-8-11-13-15-17-19-21-23-25-28-56-47-59(55-44-40-53(41-45-55)51-36-32-49(33-37-51)27-10-7-3)57(29-26-24-22-20-18-16-14-12-9-6-2)46-58(56)54-42-38-52(39-43-54)50-34-30-48(4)31-35-50;1-4-7-10-12-14-16-18-20-22-24-27-54-46-58(53-39-35-50(36-40-53)51-41-43-56(59)44-42-51)55(28-25-23-21-19-17-15-13-11-8-5-2)45-57(54)52-37-33-49(34-38-52)48-31-29-47(30-32-48)26-9-6-3;1-9(2)10(3,4)16-13(15-9)14-17-11(5,6)12(7,8)18-14;;/h30-47H,5-29H2,1-4H3;29-46H,4-28H2,1-3H3;1-8H3;2*1H4. The molecule has 12 rings (SSSR count). The van der Waals surface area contributed by atoms with Crippen molar-refractivity contribution in [2.75, 3.05) is 0 Å². The summed E-state index contributed by atoms with van der Waals surface area (Å²) in [4.78, 5) is 0. The fraction of sp³-hybridized carbons (Fsp3) is 0.542. The summed E-state index contributed by atoms with van der Waals surface area (Å²) in [5, 5.41) is 0. The van der Waals surface area contributed by atoms with E-state index in [2.05, 4.69) is 283 Å². The van der Waals surface area contributed by atoms with Crippen LogP contribution in [0, 0.1) is 6.92 Å². The lowest BCUT2D eigenvalue weighted by Gasteiger charge is -2.32. The molecule has 2 aliphatic heterocycles. The van der Waals surface area contributed by atoms with Gasteiger partial charge in [0.15, 0.2) is 0 Å². The van der Waals surface area contributed by atoms with Gasteiger partial charge in [-0.25, -0.2) is 0 Å². The maximum absolute atomic E-state index is 5.96. The van der Waals surface area contributed by atoms with Gasteiger partial charge in [0.2, 0.25) is 0 Å². The molecule has 7 heteroatoms. The zero-order chi connectivity index (χ0) is 96.7. The fourth-order valence-electron chi connectivity index (χ4n) is 19.7. The Labute approximate surface area is 855 Å². The molecule has 0 amide bonds. The third-order valence-electron chi connectivity index (χ3n) is 30.2. The number of unbranched alkanes of at least 4 members (excludes halogenated alkanes) is 38. The van der Waals surface area contributed by atoms with Gasteiger partial charge in [-0.3, -0.25) is 0 Å². The first-order valence-corrected chi connectivity index (χ1v) is 56.3. The van der Waals surface area contributed by atoms with E-state index in [1.807, 2.05) is 55.4 Å². The van der Waals surface area contributed by atoms with Gasteiger partial charge in [-0.05, 0) is 274 Å².